The first-order valence-electron chi connectivity index (χ1n) is 9.98. The number of hydrogen-bond donors (Lipinski definition) is 2. The molecule has 0 radical (unpaired) electrons. The average Bonchev–Trinajstić information content (AvgIpc) is 3.42. The number of ether oxygens (including phenoxy) is 3. The highest BCUT2D eigenvalue weighted by Crippen LogP contribution is 2.28. The highest BCUT2D eigenvalue weighted by Gasteiger charge is 2.41. The Morgan fingerprint density at radius 3 is 2.83 bits per heavy atom. The Bertz CT molecular complexity index is 937. The van der Waals surface area contributed by atoms with Crippen LogP contribution in [0.4, 0.5) is 5.69 Å². The van der Waals surface area contributed by atoms with Gasteiger partial charge in [-0.25, -0.2) is 4.98 Å². The molecule has 2 aromatic rings. The number of amides is 1. The smallest absolute Gasteiger partial charge is 0.257 e. The SMILES string of the molecule is COCCOc1ccc(C2=NCc3ccc(NC(=O)[C@]4(OC)CCNC4)cc32)cn1. The monoisotopic (exact) mass is 410 g/mol. The molecule has 0 saturated carbocycles. The van der Waals surface area contributed by atoms with E-state index in [4.69, 9.17) is 14.2 Å². The summed E-state index contributed by atoms with van der Waals surface area (Å²) in [6.07, 6.45) is 2.41. The van der Waals surface area contributed by atoms with Gasteiger partial charge in [-0.1, -0.05) is 6.07 Å². The minimum Gasteiger partial charge on any atom is -0.475 e. The van der Waals surface area contributed by atoms with Crippen molar-refractivity contribution >= 4 is 17.3 Å². The van der Waals surface area contributed by atoms with Crippen LogP contribution in [-0.2, 0) is 20.8 Å². The molecule has 0 bridgehead atoms. The standard InChI is InChI=1S/C22H26N4O4/c1-28-9-10-30-19-6-4-16(13-24-19)20-18-11-17(5-3-15(18)12-25-20)26-21(27)22(29-2)7-8-23-14-22/h3-6,11,13,23H,7-10,12,14H2,1-2H3,(H,26,27)/t22-/m0/s1. The number of pyridine rings is 1. The van der Waals surface area contributed by atoms with E-state index in [0.29, 0.717) is 38.6 Å². The zero-order chi connectivity index (χ0) is 21.0. The number of aromatic nitrogens is 1. The number of hydrogen-bond acceptors (Lipinski definition) is 7. The third-order valence-electron chi connectivity index (χ3n) is 5.50. The lowest BCUT2D eigenvalue weighted by Gasteiger charge is -2.25. The molecular formula is C22H26N4O4. The molecule has 30 heavy (non-hydrogen) atoms. The van der Waals surface area contributed by atoms with Gasteiger partial charge in [0.25, 0.3) is 5.91 Å². The van der Waals surface area contributed by atoms with Crippen molar-refractivity contribution in [3.05, 3.63) is 53.2 Å². The van der Waals surface area contributed by atoms with Crippen LogP contribution in [0.15, 0.2) is 41.5 Å². The molecule has 0 spiro atoms. The Balaban J connectivity index is 1.49. The van der Waals surface area contributed by atoms with Gasteiger partial charge in [-0.15, -0.1) is 0 Å². The molecule has 1 aromatic heterocycles. The first-order chi connectivity index (χ1) is 14.6. The van der Waals surface area contributed by atoms with Gasteiger partial charge in [0.15, 0.2) is 5.60 Å². The summed E-state index contributed by atoms with van der Waals surface area (Å²) >= 11 is 0. The largest absolute Gasteiger partial charge is 0.475 e. The van der Waals surface area contributed by atoms with E-state index in [-0.39, 0.29) is 5.91 Å². The van der Waals surface area contributed by atoms with Crippen LogP contribution in [0.3, 0.4) is 0 Å². The lowest BCUT2D eigenvalue weighted by Crippen LogP contribution is -2.46. The molecule has 1 aromatic carbocycles. The van der Waals surface area contributed by atoms with Gasteiger partial charge >= 0.3 is 0 Å². The fourth-order valence-corrected chi connectivity index (χ4v) is 3.72. The number of methoxy groups -OCH3 is 2. The number of anilines is 1. The highest BCUT2D eigenvalue weighted by atomic mass is 16.5. The lowest BCUT2D eigenvalue weighted by molar-refractivity contribution is -0.135. The molecule has 2 aliphatic heterocycles. The molecule has 1 atom stereocenters. The quantitative estimate of drug-likeness (QED) is 0.645. The van der Waals surface area contributed by atoms with Crippen molar-refractivity contribution in [2.24, 2.45) is 4.99 Å². The molecular weight excluding hydrogens is 384 g/mol. The minimum atomic E-state index is -0.821. The second-order valence-electron chi connectivity index (χ2n) is 7.34. The van der Waals surface area contributed by atoms with Crippen LogP contribution in [-0.4, -0.2) is 62.7 Å². The fraction of sp³-hybridized carbons (Fsp3) is 0.409. The summed E-state index contributed by atoms with van der Waals surface area (Å²) in [6.45, 7) is 2.85. The van der Waals surface area contributed by atoms with E-state index >= 15 is 0 Å². The molecule has 0 unspecified atom stereocenters. The summed E-state index contributed by atoms with van der Waals surface area (Å²) in [5, 5.41) is 6.20. The average molecular weight is 410 g/mol. The molecule has 158 valence electrons. The van der Waals surface area contributed by atoms with Crippen LogP contribution >= 0.6 is 0 Å². The van der Waals surface area contributed by atoms with Gasteiger partial charge in [-0.3, -0.25) is 9.79 Å². The van der Waals surface area contributed by atoms with Crippen LogP contribution in [0.2, 0.25) is 0 Å². The maximum Gasteiger partial charge on any atom is 0.257 e. The van der Waals surface area contributed by atoms with Crippen molar-refractivity contribution in [3.8, 4) is 5.88 Å². The Hall–Kier alpha value is -2.81. The molecule has 2 aliphatic rings. The molecule has 1 fully saturated rings. The zero-order valence-electron chi connectivity index (χ0n) is 17.2. The Labute approximate surface area is 175 Å². The summed E-state index contributed by atoms with van der Waals surface area (Å²) in [5.41, 5.74) is 3.79. The Morgan fingerprint density at radius 1 is 1.23 bits per heavy atom. The lowest BCUT2D eigenvalue weighted by atomic mass is 9.99. The molecule has 8 heteroatoms. The number of rotatable bonds is 8. The van der Waals surface area contributed by atoms with E-state index in [1.54, 1.807) is 20.4 Å². The molecule has 0 aliphatic carbocycles. The summed E-state index contributed by atoms with van der Waals surface area (Å²) < 4.78 is 16.0. The number of benzene rings is 1. The van der Waals surface area contributed by atoms with Crippen LogP contribution in [0, 0.1) is 0 Å². The molecule has 1 amide bonds. The van der Waals surface area contributed by atoms with E-state index in [1.807, 2.05) is 30.3 Å². The summed E-state index contributed by atoms with van der Waals surface area (Å²) in [4.78, 5) is 21.9. The second-order valence-corrected chi connectivity index (χ2v) is 7.34. The maximum absolute atomic E-state index is 12.8. The van der Waals surface area contributed by atoms with E-state index < -0.39 is 5.60 Å². The van der Waals surface area contributed by atoms with Crippen LogP contribution in [0.1, 0.15) is 23.1 Å². The number of fused-ring (bicyclic) bond motifs is 1. The highest BCUT2D eigenvalue weighted by molar-refractivity contribution is 6.15. The van der Waals surface area contributed by atoms with E-state index in [2.05, 4.69) is 20.6 Å². The van der Waals surface area contributed by atoms with E-state index in [0.717, 1.165) is 34.6 Å². The van der Waals surface area contributed by atoms with Gasteiger partial charge < -0.3 is 24.8 Å². The van der Waals surface area contributed by atoms with Crippen LogP contribution < -0.4 is 15.4 Å². The van der Waals surface area contributed by atoms with Crippen LogP contribution in [0.5, 0.6) is 5.88 Å². The minimum absolute atomic E-state index is 0.134. The fourth-order valence-electron chi connectivity index (χ4n) is 3.72. The van der Waals surface area contributed by atoms with Gasteiger partial charge in [-0.05, 0) is 36.7 Å². The number of carbonyl (C=O) groups excluding carboxylic acids is 1. The topological polar surface area (TPSA) is 94.1 Å². The summed E-state index contributed by atoms with van der Waals surface area (Å²) in [5.74, 6) is 0.413. The normalized spacial score (nSPS) is 20.0. The predicted molar refractivity (Wildman–Crippen MR) is 113 cm³/mol. The van der Waals surface area contributed by atoms with Gasteiger partial charge in [0.2, 0.25) is 5.88 Å². The van der Waals surface area contributed by atoms with Gasteiger partial charge in [0, 0.05) is 49.8 Å². The van der Waals surface area contributed by atoms with Crippen molar-refractivity contribution in [2.45, 2.75) is 18.6 Å². The molecule has 8 nitrogen and oxygen atoms in total. The van der Waals surface area contributed by atoms with Gasteiger partial charge in [-0.2, -0.15) is 0 Å². The molecule has 4 rings (SSSR count). The summed E-state index contributed by atoms with van der Waals surface area (Å²) in [7, 11) is 3.21. The number of nitrogens with zero attached hydrogens (tertiary/aromatic N) is 2. The van der Waals surface area contributed by atoms with Crippen molar-refractivity contribution < 1.29 is 19.0 Å². The van der Waals surface area contributed by atoms with Crippen molar-refractivity contribution in [1.29, 1.82) is 0 Å². The first-order valence-corrected chi connectivity index (χ1v) is 9.98. The third-order valence-corrected chi connectivity index (χ3v) is 5.50. The summed E-state index contributed by atoms with van der Waals surface area (Å²) in [6, 6.07) is 9.65. The first kappa shape index (κ1) is 20.5. The Kier molecular flexibility index (Phi) is 6.08. The van der Waals surface area contributed by atoms with E-state index in [1.165, 1.54) is 0 Å². The number of aliphatic imine (C=N–C) groups is 1. The third kappa shape index (κ3) is 4.07. The van der Waals surface area contributed by atoms with Gasteiger partial charge in [0.05, 0.1) is 18.9 Å². The molecule has 2 N–H and O–H groups in total. The number of carbonyl (C=O) groups is 1. The van der Waals surface area contributed by atoms with Crippen molar-refractivity contribution in [2.75, 3.05) is 45.8 Å². The second kappa shape index (κ2) is 8.91. The Morgan fingerprint density at radius 2 is 2.13 bits per heavy atom. The van der Waals surface area contributed by atoms with E-state index in [9.17, 15) is 4.79 Å². The van der Waals surface area contributed by atoms with Crippen molar-refractivity contribution in [1.82, 2.24) is 10.3 Å². The molecule has 3 heterocycles. The molecule has 1 saturated heterocycles. The number of nitrogens with one attached hydrogen (secondary N) is 2. The van der Waals surface area contributed by atoms with Gasteiger partial charge in [0.1, 0.15) is 6.61 Å². The zero-order valence-corrected chi connectivity index (χ0v) is 17.2. The van der Waals surface area contributed by atoms with Crippen molar-refractivity contribution in [3.63, 3.8) is 0 Å². The van der Waals surface area contributed by atoms with Crippen LogP contribution in [0.25, 0.3) is 0 Å². The predicted octanol–water partition coefficient (Wildman–Crippen LogP) is 1.77. The maximum atomic E-state index is 12.8.